The molecule has 1 aliphatic carbocycles. The van der Waals surface area contributed by atoms with Crippen molar-refractivity contribution in [3.8, 4) is 5.69 Å². The van der Waals surface area contributed by atoms with Gasteiger partial charge in [0.2, 0.25) is 0 Å². The summed E-state index contributed by atoms with van der Waals surface area (Å²) in [6.45, 7) is 2.95. The molecule has 3 aromatic rings. The van der Waals surface area contributed by atoms with Gasteiger partial charge in [0.15, 0.2) is 0 Å². The predicted octanol–water partition coefficient (Wildman–Crippen LogP) is 5.16. The number of benzene rings is 2. The number of carbonyl (C=O) groups excluding carboxylic acids is 1. The van der Waals surface area contributed by atoms with E-state index in [2.05, 4.69) is 46.9 Å². The van der Waals surface area contributed by atoms with E-state index in [1.165, 1.54) is 17.7 Å². The molecule has 0 aliphatic heterocycles. The highest BCUT2D eigenvalue weighted by Crippen LogP contribution is 2.40. The summed E-state index contributed by atoms with van der Waals surface area (Å²) in [5.74, 6) is 3.70. The van der Waals surface area contributed by atoms with Crippen molar-refractivity contribution in [1.82, 2.24) is 15.1 Å². The lowest BCUT2D eigenvalue weighted by molar-refractivity contribution is 0.0957. The molecule has 2 aromatic carbocycles. The van der Waals surface area contributed by atoms with Crippen LogP contribution in [0.2, 0.25) is 0 Å². The average Bonchev–Trinajstić information content (AvgIpc) is 3.41. The Balaban J connectivity index is 2.02. The first-order valence-corrected chi connectivity index (χ1v) is 12.2. The van der Waals surface area contributed by atoms with Gasteiger partial charge in [-0.2, -0.15) is 5.10 Å². The van der Waals surface area contributed by atoms with Gasteiger partial charge in [0.1, 0.15) is 11.5 Å². The van der Waals surface area contributed by atoms with Crippen LogP contribution < -0.4 is 9.62 Å². The Morgan fingerprint density at radius 3 is 2.65 bits per heavy atom. The Kier molecular flexibility index (Phi) is 5.96. The molecule has 5 nitrogen and oxygen atoms in total. The van der Waals surface area contributed by atoms with Crippen molar-refractivity contribution >= 4 is 44.6 Å². The minimum Gasteiger partial charge on any atom is -0.354 e. The summed E-state index contributed by atoms with van der Waals surface area (Å²) in [6.07, 6.45) is 7.62. The third-order valence-corrected chi connectivity index (χ3v) is 6.83. The summed E-state index contributed by atoms with van der Waals surface area (Å²) in [6, 6.07) is 10.2. The molecule has 1 heterocycles. The fraction of sp³-hybridized carbons (Fsp3) is 0.292. The number of amides is 1. The molecule has 1 aromatic heterocycles. The zero-order chi connectivity index (χ0) is 22.1. The lowest BCUT2D eigenvalue weighted by Gasteiger charge is -2.27. The number of rotatable bonds is 6. The summed E-state index contributed by atoms with van der Waals surface area (Å²) in [5, 5.41) is 8.27. The van der Waals surface area contributed by atoms with E-state index in [0.29, 0.717) is 11.4 Å². The lowest BCUT2D eigenvalue weighted by Crippen LogP contribution is -2.22. The Labute approximate surface area is 184 Å². The number of halogens is 1. The first kappa shape index (κ1) is 21.3. The van der Waals surface area contributed by atoms with Gasteiger partial charge >= 0.3 is 0 Å². The molecular formula is C24H27FN4OS. The van der Waals surface area contributed by atoms with E-state index < -0.39 is 0 Å². The molecule has 1 unspecified atom stereocenters. The zero-order valence-corrected chi connectivity index (χ0v) is 18.9. The molecule has 1 atom stereocenters. The van der Waals surface area contributed by atoms with E-state index in [1.807, 2.05) is 0 Å². The molecule has 31 heavy (non-hydrogen) atoms. The third kappa shape index (κ3) is 3.90. The fourth-order valence-electron chi connectivity index (χ4n) is 4.17. The van der Waals surface area contributed by atoms with Crippen LogP contribution in [0.4, 0.5) is 10.1 Å². The quantitative estimate of drug-likeness (QED) is 0.541. The second-order valence-electron chi connectivity index (χ2n) is 7.62. The summed E-state index contributed by atoms with van der Waals surface area (Å²) in [4.78, 5) is 12.9. The van der Waals surface area contributed by atoms with E-state index in [1.54, 1.807) is 23.9 Å². The van der Waals surface area contributed by atoms with Crippen molar-refractivity contribution in [3.63, 3.8) is 0 Å². The van der Waals surface area contributed by atoms with E-state index in [4.69, 9.17) is 5.10 Å². The summed E-state index contributed by atoms with van der Waals surface area (Å²) < 4.78 is 17.4. The van der Waals surface area contributed by atoms with Crippen molar-refractivity contribution < 1.29 is 9.18 Å². The van der Waals surface area contributed by atoms with Gasteiger partial charge in [0.25, 0.3) is 5.91 Å². The highest BCUT2D eigenvalue weighted by molar-refractivity contribution is 8.14. The topological polar surface area (TPSA) is 50.2 Å². The van der Waals surface area contributed by atoms with Crippen LogP contribution >= 0.6 is 10.7 Å². The van der Waals surface area contributed by atoms with Crippen molar-refractivity contribution in [2.75, 3.05) is 24.2 Å². The van der Waals surface area contributed by atoms with Crippen LogP contribution in [0.15, 0.2) is 42.5 Å². The van der Waals surface area contributed by atoms with Crippen LogP contribution in [0.3, 0.4) is 0 Å². The normalized spacial score (nSPS) is 14.5. The maximum Gasteiger partial charge on any atom is 0.270 e. The fourth-order valence-corrected chi connectivity index (χ4v) is 5.09. The van der Waals surface area contributed by atoms with Gasteiger partial charge in [-0.05, 0) is 74.4 Å². The van der Waals surface area contributed by atoms with Crippen LogP contribution in [-0.4, -0.2) is 41.4 Å². The summed E-state index contributed by atoms with van der Waals surface area (Å²) in [7, 11) is 1.40. The number of nitrogens with one attached hydrogen (secondary N) is 1. The predicted molar refractivity (Wildman–Crippen MR) is 130 cm³/mol. The van der Waals surface area contributed by atoms with E-state index in [0.717, 1.165) is 48.0 Å². The maximum atomic E-state index is 13.5. The molecule has 0 radical (unpaired) electrons. The number of carbonyl (C=O) groups is 1. The van der Waals surface area contributed by atoms with Crippen LogP contribution in [0, 0.1) is 5.82 Å². The van der Waals surface area contributed by atoms with Gasteiger partial charge in [-0.25, -0.2) is 9.07 Å². The van der Waals surface area contributed by atoms with Gasteiger partial charge in [-0.1, -0.05) is 11.9 Å². The molecule has 0 fully saturated rings. The van der Waals surface area contributed by atoms with Crippen LogP contribution in [-0.2, 0) is 0 Å². The Morgan fingerprint density at radius 1 is 1.32 bits per heavy atom. The Bertz CT molecular complexity index is 1200. The van der Waals surface area contributed by atoms with Gasteiger partial charge < -0.3 is 9.62 Å². The smallest absolute Gasteiger partial charge is 0.270 e. The molecule has 0 saturated carbocycles. The minimum atomic E-state index is -0.330. The van der Waals surface area contributed by atoms with E-state index in [-0.39, 0.29) is 22.4 Å². The number of aromatic nitrogens is 2. The molecule has 4 rings (SSSR count). The Morgan fingerprint density at radius 2 is 2.06 bits per heavy atom. The molecule has 1 amide bonds. The maximum absolute atomic E-state index is 13.5. The van der Waals surface area contributed by atoms with E-state index in [9.17, 15) is 9.18 Å². The number of anilines is 1. The van der Waals surface area contributed by atoms with Crippen LogP contribution in [0.25, 0.3) is 22.2 Å². The largest absolute Gasteiger partial charge is 0.354 e. The van der Waals surface area contributed by atoms with Crippen molar-refractivity contribution in [3.05, 3.63) is 59.5 Å². The standard InChI is InChI=1S/C24H27FN4OS/c1-5-28(31(3)4)22-15-21-20(14-19(22)16-8-6-7-9-16)23(24(30)26-2)29(27-21)18-12-10-17(25)11-13-18/h8,10-15H,3,5-7,9H2,1-2,4H3,(H,26,30). The minimum absolute atomic E-state index is 0.205. The van der Waals surface area contributed by atoms with Gasteiger partial charge in [-0.15, -0.1) is 10.7 Å². The molecule has 1 N–H and O–H groups in total. The summed E-state index contributed by atoms with van der Waals surface area (Å²) in [5.41, 5.74) is 5.35. The molecule has 162 valence electrons. The molecule has 0 spiro atoms. The van der Waals surface area contributed by atoms with Gasteiger partial charge in [0.05, 0.1) is 16.9 Å². The molecule has 1 aliphatic rings. The summed E-state index contributed by atoms with van der Waals surface area (Å²) >= 11 is 0. The SMILES string of the molecule is C=S(C)N(CC)c1cc2nn(-c3ccc(F)cc3)c(C(=O)NC)c2cc1C1=CCCC1. The number of nitrogens with zero attached hydrogens (tertiary/aromatic N) is 3. The highest BCUT2D eigenvalue weighted by Gasteiger charge is 2.24. The molecular weight excluding hydrogens is 411 g/mol. The molecule has 7 heteroatoms. The van der Waals surface area contributed by atoms with Crippen LogP contribution in [0.5, 0.6) is 0 Å². The van der Waals surface area contributed by atoms with Gasteiger partial charge in [0, 0.05) is 24.5 Å². The lowest BCUT2D eigenvalue weighted by atomic mass is 10.00. The molecule has 0 saturated heterocycles. The number of hydrogen-bond acceptors (Lipinski definition) is 3. The third-order valence-electron chi connectivity index (χ3n) is 5.62. The van der Waals surface area contributed by atoms with Crippen molar-refractivity contribution in [2.24, 2.45) is 0 Å². The van der Waals surface area contributed by atoms with Crippen molar-refractivity contribution in [2.45, 2.75) is 26.2 Å². The number of hydrogen-bond donors (Lipinski definition) is 1. The number of fused-ring (bicyclic) bond motifs is 1. The number of allylic oxidation sites excluding steroid dienone is 2. The monoisotopic (exact) mass is 438 g/mol. The first-order chi connectivity index (χ1) is 14.9. The van der Waals surface area contributed by atoms with Crippen LogP contribution in [0.1, 0.15) is 42.2 Å². The zero-order valence-electron chi connectivity index (χ0n) is 18.1. The molecule has 0 bridgehead atoms. The highest BCUT2D eigenvalue weighted by atomic mass is 32.2. The Hall–Kier alpha value is -2.93. The van der Waals surface area contributed by atoms with Gasteiger partial charge in [-0.3, -0.25) is 4.79 Å². The van der Waals surface area contributed by atoms with E-state index >= 15 is 0 Å². The van der Waals surface area contributed by atoms with Crippen molar-refractivity contribution in [1.29, 1.82) is 0 Å². The average molecular weight is 439 g/mol. The second kappa shape index (κ2) is 8.67. The second-order valence-corrected chi connectivity index (χ2v) is 9.26. The first-order valence-electron chi connectivity index (χ1n) is 10.4.